The summed E-state index contributed by atoms with van der Waals surface area (Å²) < 4.78 is 18.7. The van der Waals surface area contributed by atoms with Crippen LogP contribution in [0.3, 0.4) is 0 Å². The molecule has 3 saturated carbocycles. The molecule has 7 heteroatoms. The van der Waals surface area contributed by atoms with Crippen molar-refractivity contribution in [1.29, 1.82) is 0 Å². The number of hydrogen-bond donors (Lipinski definition) is 1. The molecule has 218 valence electrons. The van der Waals surface area contributed by atoms with E-state index in [9.17, 15) is 9.90 Å². The lowest BCUT2D eigenvalue weighted by Gasteiger charge is -2.56. The molecule has 1 aromatic carbocycles. The van der Waals surface area contributed by atoms with Gasteiger partial charge < -0.3 is 19.3 Å². The van der Waals surface area contributed by atoms with E-state index >= 15 is 0 Å². The van der Waals surface area contributed by atoms with Crippen molar-refractivity contribution in [3.63, 3.8) is 0 Å². The monoisotopic (exact) mass is 551 g/mol. The summed E-state index contributed by atoms with van der Waals surface area (Å²) in [6.07, 6.45) is 10.1. The van der Waals surface area contributed by atoms with Crippen molar-refractivity contribution in [2.75, 3.05) is 34.0 Å². The molecule has 0 bridgehead atoms. The molecule has 6 atom stereocenters. The fraction of sp³-hybridized carbons (Fsp3) is 0.667. The topological polar surface area (TPSA) is 77.5 Å². The molecular formula is C33H45NO6. The zero-order valence-electron chi connectivity index (χ0n) is 24.3. The Morgan fingerprint density at radius 1 is 1.18 bits per heavy atom. The predicted octanol–water partition coefficient (Wildman–Crippen LogP) is 5.55. The van der Waals surface area contributed by atoms with Crippen molar-refractivity contribution in [1.82, 2.24) is 5.06 Å². The lowest BCUT2D eigenvalue weighted by Crippen LogP contribution is -2.53. The molecule has 1 saturated heterocycles. The van der Waals surface area contributed by atoms with Gasteiger partial charge in [-0.1, -0.05) is 30.7 Å². The molecule has 4 aliphatic carbocycles. The van der Waals surface area contributed by atoms with Crippen LogP contribution >= 0.6 is 0 Å². The first-order chi connectivity index (χ1) is 19.2. The van der Waals surface area contributed by atoms with Crippen LogP contribution in [0.2, 0.25) is 0 Å². The van der Waals surface area contributed by atoms with Crippen molar-refractivity contribution >= 4 is 5.91 Å². The van der Waals surface area contributed by atoms with Crippen LogP contribution in [0.25, 0.3) is 0 Å². The van der Waals surface area contributed by atoms with E-state index in [1.54, 1.807) is 7.05 Å². The van der Waals surface area contributed by atoms with Gasteiger partial charge in [0, 0.05) is 31.4 Å². The predicted molar refractivity (Wildman–Crippen MR) is 151 cm³/mol. The average Bonchev–Trinajstić information content (AvgIpc) is 3.54. The number of hydrogen-bond acceptors (Lipinski definition) is 6. The number of fused-ring (bicyclic) bond motifs is 4. The van der Waals surface area contributed by atoms with Gasteiger partial charge in [-0.3, -0.25) is 9.63 Å². The number of amides is 1. The number of benzene rings is 1. The number of carbonyl (C=O) groups is 1. The molecule has 0 aromatic heterocycles. The lowest BCUT2D eigenvalue weighted by molar-refractivity contribution is -0.208. The number of nitrogens with zero attached hydrogens (tertiary/aromatic N) is 1. The Labute approximate surface area is 238 Å². The SMILES string of the molecule is C=CCCOC1CCC2C3CCC4(O)CC5(CCC4=C3C(c3ccc(C(=O)N(C)OC)cc3)CC12C)OCCO5. The number of rotatable bonds is 7. The smallest absolute Gasteiger partial charge is 0.277 e. The van der Waals surface area contributed by atoms with Crippen LogP contribution in [-0.4, -0.2) is 67.5 Å². The molecule has 1 N–H and O–H groups in total. The summed E-state index contributed by atoms with van der Waals surface area (Å²) in [7, 11) is 3.12. The van der Waals surface area contributed by atoms with Gasteiger partial charge in [-0.2, -0.15) is 0 Å². The van der Waals surface area contributed by atoms with E-state index in [4.69, 9.17) is 19.0 Å². The first-order valence-corrected chi connectivity index (χ1v) is 15.1. The van der Waals surface area contributed by atoms with Gasteiger partial charge in [0.15, 0.2) is 5.79 Å². The van der Waals surface area contributed by atoms with Gasteiger partial charge in [-0.25, -0.2) is 5.06 Å². The van der Waals surface area contributed by atoms with E-state index in [1.807, 2.05) is 18.2 Å². The quantitative estimate of drug-likeness (QED) is 0.272. The molecular weight excluding hydrogens is 506 g/mol. The number of aliphatic hydroxyl groups is 1. The van der Waals surface area contributed by atoms with Gasteiger partial charge >= 0.3 is 0 Å². The Balaban J connectivity index is 1.39. The third-order valence-electron chi connectivity index (χ3n) is 10.9. The summed E-state index contributed by atoms with van der Waals surface area (Å²) in [4.78, 5) is 17.8. The summed E-state index contributed by atoms with van der Waals surface area (Å²) in [5.41, 5.74) is 3.65. The van der Waals surface area contributed by atoms with E-state index in [2.05, 4.69) is 25.6 Å². The van der Waals surface area contributed by atoms with Crippen LogP contribution in [0.5, 0.6) is 0 Å². The van der Waals surface area contributed by atoms with E-state index in [-0.39, 0.29) is 23.3 Å². The van der Waals surface area contributed by atoms with Crippen LogP contribution in [0.15, 0.2) is 48.1 Å². The normalized spacial score (nSPS) is 36.2. The largest absolute Gasteiger partial charge is 0.385 e. The summed E-state index contributed by atoms with van der Waals surface area (Å²) in [6.45, 7) is 8.23. The van der Waals surface area contributed by atoms with Crippen LogP contribution in [-0.2, 0) is 19.0 Å². The van der Waals surface area contributed by atoms with Crippen molar-refractivity contribution in [3.8, 4) is 0 Å². The molecule has 1 aromatic rings. The summed E-state index contributed by atoms with van der Waals surface area (Å²) in [6, 6.07) is 8.05. The van der Waals surface area contributed by atoms with Crippen LogP contribution < -0.4 is 0 Å². The molecule has 7 nitrogen and oxygen atoms in total. The fourth-order valence-corrected chi connectivity index (χ4v) is 8.95. The highest BCUT2D eigenvalue weighted by Crippen LogP contribution is 2.66. The summed E-state index contributed by atoms with van der Waals surface area (Å²) >= 11 is 0. The number of carbonyl (C=O) groups excluding carboxylic acids is 1. The molecule has 40 heavy (non-hydrogen) atoms. The molecule has 0 radical (unpaired) electrons. The second-order valence-electron chi connectivity index (χ2n) is 12.9. The molecule has 5 aliphatic rings. The standard InChI is InChI=1S/C33H45NO6/c1-5-6-17-38-28-12-11-26-24-13-15-32(36)21-33(39-18-19-40-33)16-14-27(32)29(24)25(20-31(26,28)2)22-7-9-23(10-8-22)30(35)34(3)37-4/h5,7-10,24-26,28,36H,1,6,11-21H2,2-4H3. The first-order valence-electron chi connectivity index (χ1n) is 15.1. The van der Waals surface area contributed by atoms with Gasteiger partial charge in [-0.05, 0) is 85.5 Å². The highest BCUT2D eigenvalue weighted by atomic mass is 16.7. The Morgan fingerprint density at radius 2 is 1.93 bits per heavy atom. The third-order valence-corrected chi connectivity index (χ3v) is 10.9. The molecule has 1 heterocycles. The van der Waals surface area contributed by atoms with Crippen LogP contribution in [0.4, 0.5) is 0 Å². The average molecular weight is 552 g/mol. The maximum atomic E-state index is 12.7. The Kier molecular flexibility index (Phi) is 7.49. The molecule has 1 aliphatic heterocycles. The number of allylic oxidation sites excluding steroid dienone is 1. The zero-order valence-corrected chi connectivity index (χ0v) is 24.3. The second-order valence-corrected chi connectivity index (χ2v) is 12.9. The van der Waals surface area contributed by atoms with Gasteiger partial charge in [0.1, 0.15) is 0 Å². The van der Waals surface area contributed by atoms with E-state index in [0.717, 1.165) is 51.4 Å². The molecule has 4 fully saturated rings. The number of ether oxygens (including phenoxy) is 3. The first kappa shape index (κ1) is 28.1. The van der Waals surface area contributed by atoms with Gasteiger partial charge in [0.2, 0.25) is 0 Å². The van der Waals surface area contributed by atoms with E-state index < -0.39 is 11.4 Å². The fourth-order valence-electron chi connectivity index (χ4n) is 8.95. The zero-order chi connectivity index (χ0) is 28.1. The molecule has 1 spiro atoms. The minimum atomic E-state index is -0.893. The number of hydroxylamine groups is 2. The van der Waals surface area contributed by atoms with Crippen molar-refractivity contribution < 1.29 is 28.9 Å². The van der Waals surface area contributed by atoms with Gasteiger partial charge in [0.05, 0.1) is 38.6 Å². The van der Waals surface area contributed by atoms with Gasteiger partial charge in [0.25, 0.3) is 5.91 Å². The summed E-state index contributed by atoms with van der Waals surface area (Å²) in [5, 5.41) is 13.5. The van der Waals surface area contributed by atoms with E-state index in [1.165, 1.54) is 28.9 Å². The Bertz CT molecular complexity index is 1160. The van der Waals surface area contributed by atoms with Crippen LogP contribution in [0.1, 0.15) is 86.6 Å². The Hall–Kier alpha value is -2.03. The minimum absolute atomic E-state index is 0.0499. The van der Waals surface area contributed by atoms with Crippen molar-refractivity contribution in [2.45, 2.75) is 88.1 Å². The summed E-state index contributed by atoms with van der Waals surface area (Å²) in [5.74, 6) is 0.317. The van der Waals surface area contributed by atoms with Gasteiger partial charge in [-0.15, -0.1) is 6.58 Å². The third kappa shape index (κ3) is 4.58. The Morgan fingerprint density at radius 3 is 2.62 bits per heavy atom. The molecule has 1 amide bonds. The minimum Gasteiger partial charge on any atom is -0.385 e. The van der Waals surface area contributed by atoms with Crippen molar-refractivity contribution in [3.05, 3.63) is 59.2 Å². The van der Waals surface area contributed by atoms with E-state index in [0.29, 0.717) is 43.6 Å². The second kappa shape index (κ2) is 10.7. The van der Waals surface area contributed by atoms with Crippen LogP contribution in [0, 0.1) is 17.3 Å². The highest BCUT2D eigenvalue weighted by Gasteiger charge is 2.60. The molecule has 6 rings (SSSR count). The maximum Gasteiger partial charge on any atom is 0.277 e. The van der Waals surface area contributed by atoms with Crippen molar-refractivity contribution in [2.24, 2.45) is 17.3 Å². The maximum absolute atomic E-state index is 12.7. The highest BCUT2D eigenvalue weighted by molar-refractivity contribution is 5.93. The molecule has 6 unspecified atom stereocenters. The lowest BCUT2D eigenvalue weighted by atomic mass is 9.51.